The van der Waals surface area contributed by atoms with Crippen LogP contribution >= 0.6 is 23.2 Å². The molecule has 0 heterocycles. The van der Waals surface area contributed by atoms with E-state index in [0.717, 1.165) is 18.4 Å². The number of guanidine groups is 1. The first-order chi connectivity index (χ1) is 9.60. The minimum absolute atomic E-state index is 0.321. The molecule has 4 N–H and O–H groups in total. The Kier molecular flexibility index (Phi) is 5.52. The molecule has 1 saturated carbocycles. The van der Waals surface area contributed by atoms with Crippen LogP contribution < -0.4 is 16.6 Å². The van der Waals surface area contributed by atoms with E-state index in [0.29, 0.717) is 27.7 Å². The second kappa shape index (κ2) is 7.16. The number of anilines is 1. The number of hydrogen-bond donors (Lipinski definition) is 3. The van der Waals surface area contributed by atoms with E-state index in [2.05, 4.69) is 15.7 Å². The zero-order valence-corrected chi connectivity index (χ0v) is 13.1. The molecule has 1 aliphatic rings. The summed E-state index contributed by atoms with van der Waals surface area (Å²) in [6, 6.07) is 3.93. The highest BCUT2D eigenvalue weighted by molar-refractivity contribution is 6.36. The molecule has 0 radical (unpaired) electrons. The van der Waals surface area contributed by atoms with Crippen LogP contribution in [0.15, 0.2) is 17.1 Å². The van der Waals surface area contributed by atoms with Crippen molar-refractivity contribution < 1.29 is 0 Å². The van der Waals surface area contributed by atoms with Crippen molar-refractivity contribution in [2.24, 2.45) is 10.8 Å². The molecule has 0 amide bonds. The SMILES string of the molecule is Cc1cc(Cl)c(NC(=NC2CCCCC2)NN)cc1Cl. The Morgan fingerprint density at radius 3 is 2.55 bits per heavy atom. The lowest BCUT2D eigenvalue weighted by atomic mass is 9.96. The molecule has 1 aliphatic carbocycles. The van der Waals surface area contributed by atoms with Crippen LogP contribution in [0, 0.1) is 6.92 Å². The van der Waals surface area contributed by atoms with Gasteiger partial charge in [-0.3, -0.25) is 5.43 Å². The third-order valence-electron chi connectivity index (χ3n) is 3.52. The summed E-state index contributed by atoms with van der Waals surface area (Å²) in [6.07, 6.45) is 5.96. The molecule has 0 atom stereocenters. The van der Waals surface area contributed by atoms with E-state index in [1.54, 1.807) is 6.07 Å². The molecule has 0 unspecified atom stereocenters. The summed E-state index contributed by atoms with van der Waals surface area (Å²) in [5.74, 6) is 6.06. The van der Waals surface area contributed by atoms with E-state index < -0.39 is 0 Å². The van der Waals surface area contributed by atoms with Crippen LogP contribution in [-0.4, -0.2) is 12.0 Å². The van der Waals surface area contributed by atoms with Crippen LogP contribution in [0.5, 0.6) is 0 Å². The second-order valence-electron chi connectivity index (χ2n) is 5.12. The topological polar surface area (TPSA) is 62.4 Å². The standard InChI is InChI=1S/C14H20Cl2N4/c1-9-7-12(16)13(8-11(9)15)19-14(20-17)18-10-5-3-2-4-6-10/h7-8,10H,2-6,17H2,1H3,(H2,18,19,20). The predicted octanol–water partition coefficient (Wildman–Crippen LogP) is 3.87. The van der Waals surface area contributed by atoms with E-state index in [1.807, 2.05) is 13.0 Å². The van der Waals surface area contributed by atoms with E-state index >= 15 is 0 Å². The molecule has 20 heavy (non-hydrogen) atoms. The number of aryl methyl sites for hydroxylation is 1. The van der Waals surface area contributed by atoms with Crippen LogP contribution in [0.4, 0.5) is 5.69 Å². The van der Waals surface area contributed by atoms with Gasteiger partial charge in [0.15, 0.2) is 0 Å². The van der Waals surface area contributed by atoms with Gasteiger partial charge >= 0.3 is 0 Å². The Hall–Kier alpha value is -0.970. The highest BCUT2D eigenvalue weighted by Crippen LogP contribution is 2.29. The van der Waals surface area contributed by atoms with Crippen LogP contribution in [-0.2, 0) is 0 Å². The minimum atomic E-state index is 0.321. The van der Waals surface area contributed by atoms with Gasteiger partial charge in [0.05, 0.1) is 16.8 Å². The number of rotatable bonds is 2. The smallest absolute Gasteiger partial charge is 0.210 e. The molecule has 0 bridgehead atoms. The zero-order chi connectivity index (χ0) is 14.5. The molecule has 110 valence electrons. The fourth-order valence-corrected chi connectivity index (χ4v) is 2.80. The number of aliphatic imine (C=N–C) groups is 1. The Balaban J connectivity index is 2.13. The maximum absolute atomic E-state index is 6.20. The van der Waals surface area contributed by atoms with Crippen LogP contribution in [0.3, 0.4) is 0 Å². The first kappa shape index (κ1) is 15.4. The quantitative estimate of drug-likeness (QED) is 0.336. The Bertz CT molecular complexity index is 496. The third-order valence-corrected chi connectivity index (χ3v) is 4.24. The van der Waals surface area contributed by atoms with Gasteiger partial charge in [0.25, 0.3) is 0 Å². The van der Waals surface area contributed by atoms with Gasteiger partial charge < -0.3 is 5.32 Å². The average molecular weight is 315 g/mol. The van der Waals surface area contributed by atoms with E-state index in [1.165, 1.54) is 19.3 Å². The van der Waals surface area contributed by atoms with Crippen molar-refractivity contribution in [2.75, 3.05) is 5.32 Å². The van der Waals surface area contributed by atoms with Crippen molar-refractivity contribution in [2.45, 2.75) is 45.1 Å². The Morgan fingerprint density at radius 1 is 1.20 bits per heavy atom. The number of nitrogens with one attached hydrogen (secondary N) is 2. The molecule has 4 nitrogen and oxygen atoms in total. The summed E-state index contributed by atoms with van der Waals surface area (Å²) in [5, 5.41) is 4.36. The van der Waals surface area contributed by atoms with Crippen LogP contribution in [0.25, 0.3) is 0 Å². The van der Waals surface area contributed by atoms with Crippen LogP contribution in [0.2, 0.25) is 10.0 Å². The summed E-state index contributed by atoms with van der Waals surface area (Å²) in [4.78, 5) is 4.61. The number of benzene rings is 1. The fraction of sp³-hybridized carbons (Fsp3) is 0.500. The van der Waals surface area contributed by atoms with Gasteiger partial charge in [0, 0.05) is 5.02 Å². The Labute approximate surface area is 129 Å². The summed E-state index contributed by atoms with van der Waals surface area (Å²) in [5.41, 5.74) is 4.24. The highest BCUT2D eigenvalue weighted by Gasteiger charge is 2.14. The van der Waals surface area contributed by atoms with Crippen molar-refractivity contribution in [1.82, 2.24) is 5.43 Å². The first-order valence-corrected chi connectivity index (χ1v) is 7.63. The highest BCUT2D eigenvalue weighted by atomic mass is 35.5. The summed E-state index contributed by atoms with van der Waals surface area (Å²) >= 11 is 12.3. The monoisotopic (exact) mass is 314 g/mol. The number of nitrogens with two attached hydrogens (primary N) is 1. The molecule has 0 aromatic heterocycles. The van der Waals surface area contributed by atoms with Gasteiger partial charge in [0.1, 0.15) is 0 Å². The molecule has 2 rings (SSSR count). The summed E-state index contributed by atoms with van der Waals surface area (Å²) < 4.78 is 0. The number of nitrogens with zero attached hydrogens (tertiary/aromatic N) is 1. The van der Waals surface area contributed by atoms with Gasteiger partial charge in [-0.2, -0.15) is 0 Å². The van der Waals surface area contributed by atoms with Crippen molar-refractivity contribution in [3.63, 3.8) is 0 Å². The van der Waals surface area contributed by atoms with Crippen molar-refractivity contribution in [3.05, 3.63) is 27.7 Å². The second-order valence-corrected chi connectivity index (χ2v) is 5.93. The van der Waals surface area contributed by atoms with Crippen LogP contribution in [0.1, 0.15) is 37.7 Å². The molecule has 0 spiro atoms. The zero-order valence-electron chi connectivity index (χ0n) is 11.5. The summed E-state index contributed by atoms with van der Waals surface area (Å²) in [7, 11) is 0. The molecule has 0 aliphatic heterocycles. The number of hydrogen-bond acceptors (Lipinski definition) is 2. The molecular weight excluding hydrogens is 295 g/mol. The van der Waals surface area contributed by atoms with Gasteiger partial charge in [-0.1, -0.05) is 42.5 Å². The number of hydrazine groups is 1. The molecule has 6 heteroatoms. The van der Waals surface area contributed by atoms with Gasteiger partial charge in [-0.15, -0.1) is 0 Å². The average Bonchev–Trinajstić information content (AvgIpc) is 2.45. The molecule has 1 fully saturated rings. The predicted molar refractivity (Wildman–Crippen MR) is 86.5 cm³/mol. The Morgan fingerprint density at radius 2 is 1.90 bits per heavy atom. The molecule has 1 aromatic rings. The lowest BCUT2D eigenvalue weighted by Crippen LogP contribution is -2.37. The molecule has 0 saturated heterocycles. The van der Waals surface area contributed by atoms with E-state index in [-0.39, 0.29) is 0 Å². The van der Waals surface area contributed by atoms with Crippen molar-refractivity contribution in [1.29, 1.82) is 0 Å². The van der Waals surface area contributed by atoms with E-state index in [4.69, 9.17) is 29.0 Å². The minimum Gasteiger partial charge on any atom is -0.324 e. The first-order valence-electron chi connectivity index (χ1n) is 6.87. The molecular formula is C14H20Cl2N4. The lowest BCUT2D eigenvalue weighted by Gasteiger charge is -2.20. The van der Waals surface area contributed by atoms with Gasteiger partial charge in [0.2, 0.25) is 5.96 Å². The van der Waals surface area contributed by atoms with Crippen molar-refractivity contribution in [3.8, 4) is 0 Å². The maximum atomic E-state index is 6.20. The normalized spacial score (nSPS) is 17.1. The third kappa shape index (κ3) is 4.01. The molecule has 1 aromatic carbocycles. The number of halogens is 2. The lowest BCUT2D eigenvalue weighted by molar-refractivity contribution is 0.442. The fourth-order valence-electron chi connectivity index (χ4n) is 2.37. The van der Waals surface area contributed by atoms with E-state index in [9.17, 15) is 0 Å². The summed E-state index contributed by atoms with van der Waals surface area (Å²) in [6.45, 7) is 1.91. The van der Waals surface area contributed by atoms with Gasteiger partial charge in [-0.05, 0) is 37.5 Å². The van der Waals surface area contributed by atoms with Crippen molar-refractivity contribution >= 4 is 34.8 Å². The van der Waals surface area contributed by atoms with Gasteiger partial charge in [-0.25, -0.2) is 10.8 Å². The maximum Gasteiger partial charge on any atom is 0.210 e. The largest absolute Gasteiger partial charge is 0.324 e.